The molecule has 0 aliphatic heterocycles. The van der Waals surface area contributed by atoms with Gasteiger partial charge in [-0.3, -0.25) is 0 Å². The lowest BCUT2D eigenvalue weighted by Crippen LogP contribution is -2.39. The molecule has 24 heavy (non-hydrogen) atoms. The lowest BCUT2D eigenvalue weighted by atomic mass is 9.93. The molecule has 0 radical (unpaired) electrons. The maximum absolute atomic E-state index is 12.5. The van der Waals surface area contributed by atoms with Crippen LogP contribution in [0.25, 0.3) is 11.1 Å². The molecule has 0 unspecified atom stereocenters. The third kappa shape index (κ3) is 5.16. The van der Waals surface area contributed by atoms with Crippen molar-refractivity contribution < 1.29 is 8.42 Å². The fourth-order valence-corrected chi connectivity index (χ4v) is 3.98. The number of hydrogen-bond donors (Lipinski definition) is 1. The van der Waals surface area contributed by atoms with E-state index in [9.17, 15) is 8.42 Å². The number of hydrogen-bond acceptors (Lipinski definition) is 3. The molecule has 0 heterocycles. The minimum absolute atomic E-state index is 0.138. The van der Waals surface area contributed by atoms with E-state index in [4.69, 9.17) is 0 Å². The van der Waals surface area contributed by atoms with Gasteiger partial charge >= 0.3 is 0 Å². The summed E-state index contributed by atoms with van der Waals surface area (Å²) >= 11 is 0. The first kappa shape index (κ1) is 18.6. The average Bonchev–Trinajstić information content (AvgIpc) is 2.53. The van der Waals surface area contributed by atoms with E-state index < -0.39 is 10.0 Å². The summed E-state index contributed by atoms with van der Waals surface area (Å²) in [6.07, 6.45) is 0. The van der Waals surface area contributed by atoms with Gasteiger partial charge in [-0.05, 0) is 42.8 Å². The Morgan fingerprint density at radius 2 is 1.46 bits per heavy atom. The second kappa shape index (κ2) is 7.47. The molecular weight excluding hydrogens is 320 g/mol. The first-order valence-electron chi connectivity index (χ1n) is 7.99. The summed E-state index contributed by atoms with van der Waals surface area (Å²) in [5, 5.41) is 0. The molecule has 0 aliphatic rings. The molecule has 2 rings (SSSR count). The molecule has 0 aromatic heterocycles. The summed E-state index contributed by atoms with van der Waals surface area (Å²) in [6, 6.07) is 16.9. The van der Waals surface area contributed by atoms with Crippen LogP contribution in [-0.2, 0) is 10.0 Å². The molecule has 5 heteroatoms. The normalized spacial score (nSPS) is 12.5. The van der Waals surface area contributed by atoms with Crippen LogP contribution < -0.4 is 4.72 Å². The Labute approximate surface area is 145 Å². The summed E-state index contributed by atoms with van der Waals surface area (Å²) in [5.74, 6) is 0. The second-order valence-corrected chi connectivity index (χ2v) is 8.88. The van der Waals surface area contributed by atoms with Gasteiger partial charge in [0, 0.05) is 13.1 Å². The highest BCUT2D eigenvalue weighted by Crippen LogP contribution is 2.21. The highest BCUT2D eigenvalue weighted by molar-refractivity contribution is 7.89. The van der Waals surface area contributed by atoms with E-state index in [1.807, 2.05) is 70.4 Å². The van der Waals surface area contributed by atoms with Crippen molar-refractivity contribution in [3.8, 4) is 11.1 Å². The molecule has 0 bridgehead atoms. The van der Waals surface area contributed by atoms with Crippen LogP contribution in [0.4, 0.5) is 0 Å². The van der Waals surface area contributed by atoms with Gasteiger partial charge in [-0.15, -0.1) is 0 Å². The summed E-state index contributed by atoms with van der Waals surface area (Å²) in [5.41, 5.74) is 1.93. The standard InChI is InChI=1S/C19H26N2O2S/c1-19(2,15-21(3)4)14-20-24(22,23)18-12-10-17(11-13-18)16-8-6-5-7-9-16/h5-13,20H,14-15H2,1-4H3. The number of nitrogens with zero attached hydrogens (tertiary/aromatic N) is 1. The molecule has 0 fully saturated rings. The van der Waals surface area contributed by atoms with Crippen molar-refractivity contribution in [1.29, 1.82) is 0 Å². The number of rotatable bonds is 7. The molecule has 0 spiro atoms. The van der Waals surface area contributed by atoms with Crippen LogP contribution in [0.15, 0.2) is 59.5 Å². The molecule has 4 nitrogen and oxygen atoms in total. The molecular formula is C19H26N2O2S. The molecule has 0 amide bonds. The van der Waals surface area contributed by atoms with Gasteiger partial charge in [-0.1, -0.05) is 56.3 Å². The third-order valence-electron chi connectivity index (χ3n) is 3.76. The average molecular weight is 346 g/mol. The van der Waals surface area contributed by atoms with Gasteiger partial charge in [0.1, 0.15) is 0 Å². The van der Waals surface area contributed by atoms with Crippen molar-refractivity contribution in [1.82, 2.24) is 9.62 Å². The Balaban J connectivity index is 2.10. The Bertz CT molecular complexity index is 752. The SMILES string of the molecule is CN(C)CC(C)(C)CNS(=O)(=O)c1ccc(-c2ccccc2)cc1. The van der Waals surface area contributed by atoms with Gasteiger partial charge in [0.2, 0.25) is 10.0 Å². The van der Waals surface area contributed by atoms with Gasteiger partial charge in [0.15, 0.2) is 0 Å². The quantitative estimate of drug-likeness (QED) is 0.837. The molecule has 0 aliphatic carbocycles. The predicted octanol–water partition coefficient (Wildman–Crippen LogP) is 3.22. The highest BCUT2D eigenvalue weighted by atomic mass is 32.2. The van der Waals surface area contributed by atoms with Crippen LogP contribution in [0.5, 0.6) is 0 Å². The van der Waals surface area contributed by atoms with Crippen LogP contribution in [0.2, 0.25) is 0 Å². The summed E-state index contributed by atoms with van der Waals surface area (Å²) < 4.78 is 27.7. The van der Waals surface area contributed by atoms with Gasteiger partial charge < -0.3 is 4.90 Å². The van der Waals surface area contributed by atoms with E-state index in [1.165, 1.54) is 0 Å². The lowest BCUT2D eigenvalue weighted by Gasteiger charge is -2.28. The van der Waals surface area contributed by atoms with Crippen molar-refractivity contribution in [3.05, 3.63) is 54.6 Å². The lowest BCUT2D eigenvalue weighted by molar-refractivity contribution is 0.242. The van der Waals surface area contributed by atoms with Crippen LogP contribution in [0.3, 0.4) is 0 Å². The minimum Gasteiger partial charge on any atom is -0.309 e. The van der Waals surface area contributed by atoms with Gasteiger partial charge in [-0.2, -0.15) is 0 Å². The molecule has 0 saturated heterocycles. The van der Waals surface area contributed by atoms with Crippen LogP contribution in [0, 0.1) is 5.41 Å². The largest absolute Gasteiger partial charge is 0.309 e. The fourth-order valence-electron chi connectivity index (χ4n) is 2.74. The van der Waals surface area contributed by atoms with E-state index in [2.05, 4.69) is 9.62 Å². The van der Waals surface area contributed by atoms with Crippen molar-refractivity contribution in [3.63, 3.8) is 0 Å². The maximum atomic E-state index is 12.5. The van der Waals surface area contributed by atoms with E-state index >= 15 is 0 Å². The molecule has 2 aromatic carbocycles. The van der Waals surface area contributed by atoms with Crippen molar-refractivity contribution in [2.24, 2.45) is 5.41 Å². The fraction of sp³-hybridized carbons (Fsp3) is 0.368. The predicted molar refractivity (Wildman–Crippen MR) is 99.4 cm³/mol. The Kier molecular flexibility index (Phi) is 5.80. The molecule has 0 atom stereocenters. The van der Waals surface area contributed by atoms with Crippen LogP contribution in [0.1, 0.15) is 13.8 Å². The summed E-state index contributed by atoms with van der Waals surface area (Å²) in [6.45, 7) is 5.30. The molecule has 0 saturated carbocycles. The summed E-state index contributed by atoms with van der Waals surface area (Å²) in [7, 11) is 0.473. The van der Waals surface area contributed by atoms with Crippen LogP contribution in [-0.4, -0.2) is 40.5 Å². The van der Waals surface area contributed by atoms with E-state index in [-0.39, 0.29) is 5.41 Å². The molecule has 2 aromatic rings. The zero-order chi connectivity index (χ0) is 17.8. The van der Waals surface area contributed by atoms with E-state index in [0.717, 1.165) is 17.7 Å². The maximum Gasteiger partial charge on any atom is 0.240 e. The Hall–Kier alpha value is -1.69. The number of nitrogens with one attached hydrogen (secondary N) is 1. The number of sulfonamides is 1. The zero-order valence-electron chi connectivity index (χ0n) is 14.8. The van der Waals surface area contributed by atoms with E-state index in [0.29, 0.717) is 11.4 Å². The first-order valence-corrected chi connectivity index (χ1v) is 9.48. The monoisotopic (exact) mass is 346 g/mol. The van der Waals surface area contributed by atoms with Crippen LogP contribution >= 0.6 is 0 Å². The molecule has 1 N–H and O–H groups in total. The van der Waals surface area contributed by atoms with Crippen molar-refractivity contribution >= 4 is 10.0 Å². The van der Waals surface area contributed by atoms with Crippen molar-refractivity contribution in [2.45, 2.75) is 18.7 Å². The van der Waals surface area contributed by atoms with Gasteiger partial charge in [0.05, 0.1) is 4.90 Å². The smallest absolute Gasteiger partial charge is 0.240 e. The highest BCUT2D eigenvalue weighted by Gasteiger charge is 2.23. The topological polar surface area (TPSA) is 49.4 Å². The first-order chi connectivity index (χ1) is 11.2. The number of benzene rings is 2. The van der Waals surface area contributed by atoms with E-state index in [1.54, 1.807) is 12.1 Å². The van der Waals surface area contributed by atoms with Gasteiger partial charge in [0.25, 0.3) is 0 Å². The zero-order valence-corrected chi connectivity index (χ0v) is 15.6. The molecule has 130 valence electrons. The van der Waals surface area contributed by atoms with Crippen molar-refractivity contribution in [2.75, 3.05) is 27.2 Å². The third-order valence-corrected chi connectivity index (χ3v) is 5.17. The Morgan fingerprint density at radius 3 is 2.00 bits per heavy atom. The Morgan fingerprint density at radius 1 is 0.917 bits per heavy atom. The second-order valence-electron chi connectivity index (χ2n) is 7.12. The minimum atomic E-state index is -3.50. The van der Waals surface area contributed by atoms with Gasteiger partial charge in [-0.25, -0.2) is 13.1 Å². The summed E-state index contributed by atoms with van der Waals surface area (Å²) in [4.78, 5) is 2.35.